The standard InChI is InChI=1S/C10H19F3N2O2/c1-9(15-2,8(14)16)4-3-6-17-7-5-10(11,12)13/h15H,3-7H2,1-2H3,(H2,14,16). The summed E-state index contributed by atoms with van der Waals surface area (Å²) in [6.45, 7) is 1.47. The zero-order chi connectivity index (χ0) is 13.5. The van der Waals surface area contributed by atoms with E-state index in [9.17, 15) is 18.0 Å². The van der Waals surface area contributed by atoms with E-state index in [2.05, 4.69) is 5.32 Å². The van der Waals surface area contributed by atoms with E-state index in [0.717, 1.165) is 0 Å². The first-order valence-electron chi connectivity index (χ1n) is 5.34. The van der Waals surface area contributed by atoms with E-state index < -0.39 is 24.0 Å². The molecule has 0 aromatic heterocycles. The highest BCUT2D eigenvalue weighted by molar-refractivity contribution is 5.84. The van der Waals surface area contributed by atoms with Gasteiger partial charge in [-0.1, -0.05) is 0 Å². The van der Waals surface area contributed by atoms with Crippen molar-refractivity contribution in [2.75, 3.05) is 20.3 Å². The summed E-state index contributed by atoms with van der Waals surface area (Å²) in [6, 6.07) is 0. The number of ether oxygens (including phenoxy) is 1. The fourth-order valence-electron chi connectivity index (χ4n) is 1.19. The molecular weight excluding hydrogens is 237 g/mol. The average Bonchev–Trinajstić information content (AvgIpc) is 2.21. The maximum atomic E-state index is 11.8. The van der Waals surface area contributed by atoms with Crippen molar-refractivity contribution in [2.45, 2.75) is 37.9 Å². The van der Waals surface area contributed by atoms with Crippen LogP contribution in [0.5, 0.6) is 0 Å². The van der Waals surface area contributed by atoms with Gasteiger partial charge < -0.3 is 15.8 Å². The van der Waals surface area contributed by atoms with E-state index in [-0.39, 0.29) is 13.2 Å². The molecule has 4 nitrogen and oxygen atoms in total. The van der Waals surface area contributed by atoms with Crippen molar-refractivity contribution in [3.05, 3.63) is 0 Å². The molecule has 102 valence electrons. The maximum absolute atomic E-state index is 11.8. The summed E-state index contributed by atoms with van der Waals surface area (Å²) in [4.78, 5) is 11.1. The molecule has 0 aliphatic heterocycles. The van der Waals surface area contributed by atoms with Gasteiger partial charge in [0.2, 0.25) is 5.91 Å². The van der Waals surface area contributed by atoms with Crippen LogP contribution in [-0.2, 0) is 9.53 Å². The molecule has 0 spiro atoms. The molecule has 0 aliphatic carbocycles. The van der Waals surface area contributed by atoms with Crippen LogP contribution < -0.4 is 11.1 Å². The predicted molar refractivity (Wildman–Crippen MR) is 57.4 cm³/mol. The summed E-state index contributed by atoms with van der Waals surface area (Å²) in [7, 11) is 1.61. The smallest absolute Gasteiger partial charge is 0.381 e. The summed E-state index contributed by atoms with van der Waals surface area (Å²) in [5.41, 5.74) is 4.35. The highest BCUT2D eigenvalue weighted by Gasteiger charge is 2.28. The van der Waals surface area contributed by atoms with Gasteiger partial charge in [-0.2, -0.15) is 13.2 Å². The van der Waals surface area contributed by atoms with Crippen LogP contribution in [0.15, 0.2) is 0 Å². The third-order valence-electron chi connectivity index (χ3n) is 2.59. The minimum absolute atomic E-state index is 0.181. The second-order valence-electron chi connectivity index (χ2n) is 4.03. The third-order valence-corrected chi connectivity index (χ3v) is 2.59. The maximum Gasteiger partial charge on any atom is 0.391 e. The normalized spacial score (nSPS) is 15.6. The average molecular weight is 256 g/mol. The molecule has 0 rings (SSSR count). The van der Waals surface area contributed by atoms with Gasteiger partial charge in [-0.15, -0.1) is 0 Å². The van der Waals surface area contributed by atoms with Crippen LogP contribution >= 0.6 is 0 Å². The number of hydrogen-bond donors (Lipinski definition) is 2. The number of primary amides is 1. The number of likely N-dealkylation sites (N-methyl/N-ethyl adjacent to an activating group) is 1. The molecule has 0 aromatic rings. The summed E-state index contributed by atoms with van der Waals surface area (Å²) in [5, 5.41) is 2.78. The van der Waals surface area contributed by atoms with Crippen molar-refractivity contribution in [1.82, 2.24) is 5.32 Å². The second-order valence-corrected chi connectivity index (χ2v) is 4.03. The SMILES string of the molecule is CNC(C)(CCCOCCC(F)(F)F)C(N)=O. The first-order valence-corrected chi connectivity index (χ1v) is 5.34. The molecule has 0 heterocycles. The van der Waals surface area contributed by atoms with Crippen LogP contribution in [0.4, 0.5) is 13.2 Å². The van der Waals surface area contributed by atoms with Crippen LogP contribution in [0.25, 0.3) is 0 Å². The summed E-state index contributed by atoms with van der Waals surface area (Å²) in [5.74, 6) is -0.490. The Kier molecular flexibility index (Phi) is 6.48. The lowest BCUT2D eigenvalue weighted by atomic mass is 9.95. The zero-order valence-electron chi connectivity index (χ0n) is 10.1. The fourth-order valence-corrected chi connectivity index (χ4v) is 1.19. The Morgan fingerprint density at radius 3 is 2.29 bits per heavy atom. The van der Waals surface area contributed by atoms with E-state index >= 15 is 0 Å². The van der Waals surface area contributed by atoms with E-state index in [1.807, 2.05) is 0 Å². The van der Waals surface area contributed by atoms with Crippen molar-refractivity contribution < 1.29 is 22.7 Å². The second kappa shape index (κ2) is 6.80. The lowest BCUT2D eigenvalue weighted by Crippen LogP contribution is -2.51. The van der Waals surface area contributed by atoms with Crippen LogP contribution in [0.3, 0.4) is 0 Å². The minimum Gasteiger partial charge on any atom is -0.381 e. The fraction of sp³-hybridized carbons (Fsp3) is 0.900. The lowest BCUT2D eigenvalue weighted by molar-refractivity contribution is -0.145. The van der Waals surface area contributed by atoms with Gasteiger partial charge >= 0.3 is 6.18 Å². The molecule has 0 aromatic carbocycles. The molecule has 3 N–H and O–H groups in total. The van der Waals surface area contributed by atoms with Crippen LogP contribution in [0, 0.1) is 0 Å². The van der Waals surface area contributed by atoms with Crippen molar-refractivity contribution in [1.29, 1.82) is 0 Å². The van der Waals surface area contributed by atoms with Gasteiger partial charge in [-0.05, 0) is 26.8 Å². The molecule has 1 atom stereocenters. The predicted octanol–water partition coefficient (Wildman–Crippen LogP) is 1.20. The van der Waals surface area contributed by atoms with E-state index in [0.29, 0.717) is 12.8 Å². The number of nitrogens with two attached hydrogens (primary N) is 1. The first kappa shape index (κ1) is 16.2. The molecule has 1 unspecified atom stereocenters. The molecule has 17 heavy (non-hydrogen) atoms. The quantitative estimate of drug-likeness (QED) is 0.641. The van der Waals surface area contributed by atoms with Crippen molar-refractivity contribution in [3.8, 4) is 0 Å². The van der Waals surface area contributed by atoms with Gasteiger partial charge in [-0.3, -0.25) is 4.79 Å². The molecule has 1 amide bonds. The monoisotopic (exact) mass is 256 g/mol. The third kappa shape index (κ3) is 7.17. The van der Waals surface area contributed by atoms with Crippen molar-refractivity contribution >= 4 is 5.91 Å². The highest BCUT2D eigenvalue weighted by Crippen LogP contribution is 2.19. The first-order chi connectivity index (χ1) is 7.71. The summed E-state index contributed by atoms with van der Waals surface area (Å²) >= 11 is 0. The molecule has 0 saturated carbocycles. The summed E-state index contributed by atoms with van der Waals surface area (Å²) < 4.78 is 40.1. The molecule has 7 heteroatoms. The van der Waals surface area contributed by atoms with Gasteiger partial charge in [0.05, 0.1) is 18.6 Å². The number of carbonyl (C=O) groups excluding carboxylic acids is 1. The van der Waals surface area contributed by atoms with E-state index in [1.165, 1.54) is 0 Å². The Labute approximate surface area is 98.7 Å². The Balaban J connectivity index is 3.67. The van der Waals surface area contributed by atoms with Crippen LogP contribution in [-0.4, -0.2) is 37.9 Å². The Morgan fingerprint density at radius 1 is 1.29 bits per heavy atom. The molecule has 0 fully saturated rings. The van der Waals surface area contributed by atoms with E-state index in [1.54, 1.807) is 14.0 Å². The van der Waals surface area contributed by atoms with Gasteiger partial charge in [0.25, 0.3) is 0 Å². The van der Waals surface area contributed by atoms with Gasteiger partial charge in [-0.25, -0.2) is 0 Å². The van der Waals surface area contributed by atoms with Crippen LogP contribution in [0.1, 0.15) is 26.2 Å². The largest absolute Gasteiger partial charge is 0.391 e. The number of alkyl halides is 3. The molecule has 0 radical (unpaired) electrons. The number of nitrogens with one attached hydrogen (secondary N) is 1. The number of rotatable bonds is 8. The van der Waals surface area contributed by atoms with Crippen molar-refractivity contribution in [2.24, 2.45) is 5.73 Å². The minimum atomic E-state index is -4.19. The number of halogens is 3. The molecule has 0 saturated heterocycles. The highest BCUT2D eigenvalue weighted by atomic mass is 19.4. The number of carbonyl (C=O) groups is 1. The number of hydrogen-bond acceptors (Lipinski definition) is 3. The van der Waals surface area contributed by atoms with Crippen molar-refractivity contribution in [3.63, 3.8) is 0 Å². The lowest BCUT2D eigenvalue weighted by Gasteiger charge is -2.25. The van der Waals surface area contributed by atoms with E-state index in [4.69, 9.17) is 10.5 Å². The van der Waals surface area contributed by atoms with Gasteiger partial charge in [0.15, 0.2) is 0 Å². The Hall–Kier alpha value is -0.820. The Bertz CT molecular complexity index is 246. The van der Waals surface area contributed by atoms with Gasteiger partial charge in [0, 0.05) is 6.61 Å². The molecule has 0 bridgehead atoms. The topological polar surface area (TPSA) is 64.3 Å². The zero-order valence-corrected chi connectivity index (χ0v) is 10.1. The van der Waals surface area contributed by atoms with Crippen LogP contribution in [0.2, 0.25) is 0 Å². The summed E-state index contributed by atoms with van der Waals surface area (Å²) in [6.07, 6.45) is -4.25. The van der Waals surface area contributed by atoms with Gasteiger partial charge in [0.1, 0.15) is 0 Å². The number of amides is 1. The molecular formula is C10H19F3N2O2. The Morgan fingerprint density at radius 2 is 1.88 bits per heavy atom. The molecule has 0 aliphatic rings.